The molecule has 0 aliphatic carbocycles. The van der Waals surface area contributed by atoms with Gasteiger partial charge in [0.05, 0.1) is 23.4 Å². The summed E-state index contributed by atoms with van der Waals surface area (Å²) < 4.78 is 2.00. The van der Waals surface area contributed by atoms with Crippen LogP contribution < -0.4 is 0 Å². The Morgan fingerprint density at radius 1 is 0.781 bits per heavy atom. The lowest BCUT2D eigenvalue weighted by molar-refractivity contribution is 0.0637. The SMILES string of the molecule is O=C(c1ccccc1)c1ccccc1-n1c(Br)nnc1CN1C(=O)c2ccccc2C1=O. The molecule has 3 aromatic carbocycles. The van der Waals surface area contributed by atoms with E-state index in [2.05, 4.69) is 26.1 Å². The van der Waals surface area contributed by atoms with Crippen molar-refractivity contribution in [3.63, 3.8) is 0 Å². The summed E-state index contributed by atoms with van der Waals surface area (Å²) in [6.45, 7) is -0.0845. The molecule has 32 heavy (non-hydrogen) atoms. The molecule has 1 aliphatic rings. The van der Waals surface area contributed by atoms with Crippen LogP contribution in [0, 0.1) is 0 Å². The molecule has 1 aromatic heterocycles. The minimum Gasteiger partial charge on any atom is -0.289 e. The number of benzene rings is 3. The summed E-state index contributed by atoms with van der Waals surface area (Å²) in [7, 11) is 0. The second kappa shape index (κ2) is 7.97. The number of amides is 2. The predicted octanol–water partition coefficient (Wildman–Crippen LogP) is 4.06. The number of imide groups is 1. The first-order valence-corrected chi connectivity index (χ1v) is 10.6. The molecular formula is C24H15BrN4O3. The van der Waals surface area contributed by atoms with E-state index in [4.69, 9.17) is 0 Å². The molecule has 0 saturated carbocycles. The van der Waals surface area contributed by atoms with Crippen LogP contribution in [0.1, 0.15) is 42.5 Å². The first kappa shape index (κ1) is 20.0. The van der Waals surface area contributed by atoms with E-state index in [9.17, 15) is 14.4 Å². The fourth-order valence-electron chi connectivity index (χ4n) is 3.77. The summed E-state index contributed by atoms with van der Waals surface area (Å²) in [5.41, 5.74) is 2.27. The molecule has 0 spiro atoms. The quantitative estimate of drug-likeness (QED) is 0.313. The number of carbonyl (C=O) groups excluding carboxylic acids is 3. The van der Waals surface area contributed by atoms with Gasteiger partial charge in [-0.05, 0) is 40.2 Å². The van der Waals surface area contributed by atoms with Crippen molar-refractivity contribution in [3.8, 4) is 5.69 Å². The Balaban J connectivity index is 1.55. The normalized spacial score (nSPS) is 12.8. The lowest BCUT2D eigenvalue weighted by atomic mass is 10.0. The topological polar surface area (TPSA) is 85.2 Å². The molecule has 0 radical (unpaired) electrons. The van der Waals surface area contributed by atoms with Gasteiger partial charge in [-0.2, -0.15) is 0 Å². The van der Waals surface area contributed by atoms with E-state index in [0.29, 0.717) is 38.5 Å². The van der Waals surface area contributed by atoms with Crippen molar-refractivity contribution in [1.82, 2.24) is 19.7 Å². The predicted molar refractivity (Wildman–Crippen MR) is 120 cm³/mol. The van der Waals surface area contributed by atoms with E-state index >= 15 is 0 Å². The highest BCUT2D eigenvalue weighted by Gasteiger charge is 2.36. The number of hydrogen-bond acceptors (Lipinski definition) is 5. The van der Waals surface area contributed by atoms with Gasteiger partial charge in [0.15, 0.2) is 11.6 Å². The second-order valence-electron chi connectivity index (χ2n) is 7.18. The molecule has 5 rings (SSSR count). The number of aromatic nitrogens is 3. The van der Waals surface area contributed by atoms with E-state index in [1.54, 1.807) is 77.4 Å². The molecule has 156 valence electrons. The molecule has 4 aromatic rings. The van der Waals surface area contributed by atoms with Crippen LogP contribution in [0.5, 0.6) is 0 Å². The lowest BCUT2D eigenvalue weighted by Gasteiger charge is -2.16. The van der Waals surface area contributed by atoms with Crippen LogP contribution in [0.4, 0.5) is 0 Å². The number of fused-ring (bicyclic) bond motifs is 1. The van der Waals surface area contributed by atoms with Crippen LogP contribution in [0.2, 0.25) is 0 Å². The monoisotopic (exact) mass is 486 g/mol. The molecular weight excluding hydrogens is 472 g/mol. The number of nitrogens with zero attached hydrogens (tertiary/aromatic N) is 4. The summed E-state index contributed by atoms with van der Waals surface area (Å²) >= 11 is 3.39. The maximum atomic E-state index is 13.2. The third-order valence-electron chi connectivity index (χ3n) is 5.29. The third kappa shape index (κ3) is 3.25. The Morgan fingerprint density at radius 3 is 2.06 bits per heavy atom. The van der Waals surface area contributed by atoms with Crippen LogP contribution in [0.25, 0.3) is 5.69 Å². The fourth-order valence-corrected chi connectivity index (χ4v) is 4.24. The molecule has 2 heterocycles. The molecule has 7 nitrogen and oxygen atoms in total. The van der Waals surface area contributed by atoms with E-state index in [1.165, 1.54) is 0 Å². The number of halogens is 1. The van der Waals surface area contributed by atoms with Crippen LogP contribution in [-0.2, 0) is 6.54 Å². The van der Waals surface area contributed by atoms with Gasteiger partial charge in [-0.1, -0.05) is 54.6 Å². The van der Waals surface area contributed by atoms with Crippen molar-refractivity contribution in [2.75, 3.05) is 0 Å². The van der Waals surface area contributed by atoms with Crippen molar-refractivity contribution in [3.05, 3.63) is 112 Å². The number of para-hydroxylation sites is 1. The Labute approximate surface area is 191 Å². The maximum Gasteiger partial charge on any atom is 0.261 e. The molecule has 0 saturated heterocycles. The lowest BCUT2D eigenvalue weighted by Crippen LogP contribution is -2.30. The van der Waals surface area contributed by atoms with Crippen LogP contribution in [-0.4, -0.2) is 37.3 Å². The zero-order valence-electron chi connectivity index (χ0n) is 16.6. The number of rotatable bonds is 5. The van der Waals surface area contributed by atoms with Crippen LogP contribution in [0.3, 0.4) is 0 Å². The Kier molecular flexibility index (Phi) is 4.99. The highest BCUT2D eigenvalue weighted by Crippen LogP contribution is 2.27. The second-order valence-corrected chi connectivity index (χ2v) is 7.88. The standard InChI is InChI=1S/C24H15BrN4O3/c25-24-27-26-20(14-28-22(31)16-10-4-5-11-17(16)23(28)32)29(24)19-13-7-6-12-18(19)21(30)15-8-2-1-3-9-15/h1-13H,14H2. The summed E-state index contributed by atoms with van der Waals surface area (Å²) in [5, 5.41) is 8.25. The molecule has 0 bridgehead atoms. The molecule has 0 atom stereocenters. The van der Waals surface area contributed by atoms with Gasteiger partial charge in [-0.3, -0.25) is 23.9 Å². The molecule has 1 aliphatic heterocycles. The highest BCUT2D eigenvalue weighted by atomic mass is 79.9. The Morgan fingerprint density at radius 2 is 1.38 bits per heavy atom. The van der Waals surface area contributed by atoms with Gasteiger partial charge >= 0.3 is 0 Å². The van der Waals surface area contributed by atoms with E-state index in [1.807, 2.05) is 6.07 Å². The fraction of sp³-hybridized carbons (Fsp3) is 0.0417. The van der Waals surface area contributed by atoms with E-state index < -0.39 is 0 Å². The smallest absolute Gasteiger partial charge is 0.261 e. The van der Waals surface area contributed by atoms with Crippen molar-refractivity contribution in [2.45, 2.75) is 6.54 Å². The zero-order chi connectivity index (χ0) is 22.2. The average molecular weight is 487 g/mol. The van der Waals surface area contributed by atoms with Gasteiger partial charge in [0.25, 0.3) is 11.8 Å². The van der Waals surface area contributed by atoms with Crippen molar-refractivity contribution in [2.24, 2.45) is 0 Å². The van der Waals surface area contributed by atoms with Crippen molar-refractivity contribution >= 4 is 33.5 Å². The Hall–Kier alpha value is -3.91. The molecule has 0 fully saturated rings. The van der Waals surface area contributed by atoms with Gasteiger partial charge in [0.1, 0.15) is 0 Å². The number of ketones is 1. The molecule has 2 amide bonds. The third-order valence-corrected chi connectivity index (χ3v) is 5.81. The van der Waals surface area contributed by atoms with Crippen LogP contribution >= 0.6 is 15.9 Å². The molecule has 0 unspecified atom stereocenters. The number of hydrogen-bond donors (Lipinski definition) is 0. The summed E-state index contributed by atoms with van der Waals surface area (Å²) in [4.78, 5) is 39.9. The largest absolute Gasteiger partial charge is 0.289 e. The van der Waals surface area contributed by atoms with Gasteiger partial charge in [0.2, 0.25) is 4.73 Å². The average Bonchev–Trinajstić information content (AvgIpc) is 3.32. The first-order valence-electron chi connectivity index (χ1n) is 9.80. The summed E-state index contributed by atoms with van der Waals surface area (Å²) in [6.07, 6.45) is 0. The van der Waals surface area contributed by atoms with Gasteiger partial charge in [-0.25, -0.2) is 0 Å². The van der Waals surface area contributed by atoms with Crippen LogP contribution in [0.15, 0.2) is 83.6 Å². The van der Waals surface area contributed by atoms with Gasteiger partial charge < -0.3 is 0 Å². The first-order chi connectivity index (χ1) is 15.6. The van der Waals surface area contributed by atoms with Gasteiger partial charge in [0, 0.05) is 11.1 Å². The summed E-state index contributed by atoms with van der Waals surface area (Å²) in [6, 6.07) is 22.7. The molecule has 8 heteroatoms. The zero-order valence-corrected chi connectivity index (χ0v) is 18.2. The summed E-state index contributed by atoms with van der Waals surface area (Å²) in [5.74, 6) is -0.581. The number of carbonyl (C=O) groups is 3. The minimum atomic E-state index is -0.384. The Bertz CT molecular complexity index is 1350. The molecule has 0 N–H and O–H groups in total. The van der Waals surface area contributed by atoms with Gasteiger partial charge in [-0.15, -0.1) is 10.2 Å². The van der Waals surface area contributed by atoms with E-state index in [0.717, 1.165) is 4.90 Å². The maximum absolute atomic E-state index is 13.2. The minimum absolute atomic E-state index is 0.0845. The van der Waals surface area contributed by atoms with E-state index in [-0.39, 0.29) is 24.1 Å². The highest BCUT2D eigenvalue weighted by molar-refractivity contribution is 9.10. The van der Waals surface area contributed by atoms with Crippen molar-refractivity contribution < 1.29 is 14.4 Å². The van der Waals surface area contributed by atoms with Crippen molar-refractivity contribution in [1.29, 1.82) is 0 Å².